The number of oxazole rings is 1. The zero-order valence-electron chi connectivity index (χ0n) is 15.9. The predicted octanol–water partition coefficient (Wildman–Crippen LogP) is 2.33. The van der Waals surface area contributed by atoms with Gasteiger partial charge in [-0.05, 0) is 31.2 Å². The van der Waals surface area contributed by atoms with Gasteiger partial charge in [0.2, 0.25) is 0 Å². The lowest BCUT2D eigenvalue weighted by Gasteiger charge is -2.34. The maximum atomic E-state index is 12.2. The summed E-state index contributed by atoms with van der Waals surface area (Å²) in [6.45, 7) is 7.30. The van der Waals surface area contributed by atoms with E-state index in [1.54, 1.807) is 4.57 Å². The number of hydrogen-bond donors (Lipinski definition) is 0. The molecule has 0 bridgehead atoms. The number of nitrogens with zero attached hydrogens (tertiary/aromatic N) is 5. The van der Waals surface area contributed by atoms with Gasteiger partial charge in [-0.2, -0.15) is 0 Å². The van der Waals surface area contributed by atoms with E-state index in [1.165, 1.54) is 5.69 Å². The summed E-state index contributed by atoms with van der Waals surface area (Å²) in [5.41, 5.74) is 4.84. The third kappa shape index (κ3) is 3.02. The van der Waals surface area contributed by atoms with Crippen LogP contribution in [0.2, 0.25) is 0 Å². The fourth-order valence-corrected chi connectivity index (χ4v) is 4.00. The maximum absolute atomic E-state index is 12.2. The van der Waals surface area contributed by atoms with Crippen LogP contribution < -0.4 is 5.76 Å². The minimum atomic E-state index is -0.287. The Morgan fingerprint density at radius 1 is 1.00 bits per heavy atom. The van der Waals surface area contributed by atoms with E-state index < -0.39 is 0 Å². The van der Waals surface area contributed by atoms with Crippen molar-refractivity contribution in [1.82, 2.24) is 23.8 Å². The van der Waals surface area contributed by atoms with Crippen LogP contribution in [0.3, 0.4) is 0 Å². The van der Waals surface area contributed by atoms with Crippen LogP contribution in [0.15, 0.2) is 57.9 Å². The van der Waals surface area contributed by atoms with Crippen LogP contribution in [0.1, 0.15) is 11.4 Å². The Morgan fingerprint density at radius 3 is 2.61 bits per heavy atom. The number of benzene rings is 1. The van der Waals surface area contributed by atoms with Crippen LogP contribution >= 0.6 is 0 Å². The summed E-state index contributed by atoms with van der Waals surface area (Å²) in [6, 6.07) is 13.7. The van der Waals surface area contributed by atoms with E-state index in [4.69, 9.17) is 4.42 Å². The quantitative estimate of drug-likeness (QED) is 0.546. The SMILES string of the molecule is Cc1nc2ccccn2c1CN1CCN(Cn2c(=O)oc3ccccc32)CC1. The molecule has 1 aliphatic heterocycles. The molecule has 3 aromatic heterocycles. The zero-order valence-corrected chi connectivity index (χ0v) is 15.9. The van der Waals surface area contributed by atoms with Gasteiger partial charge in [0, 0.05) is 38.9 Å². The van der Waals surface area contributed by atoms with Crippen LogP contribution in [-0.2, 0) is 13.2 Å². The predicted molar refractivity (Wildman–Crippen MR) is 107 cm³/mol. The summed E-state index contributed by atoms with van der Waals surface area (Å²) < 4.78 is 9.25. The monoisotopic (exact) mass is 377 g/mol. The molecule has 0 saturated carbocycles. The van der Waals surface area contributed by atoms with E-state index in [2.05, 4.69) is 32.3 Å². The van der Waals surface area contributed by atoms with Gasteiger partial charge in [-0.15, -0.1) is 0 Å². The van der Waals surface area contributed by atoms with Gasteiger partial charge >= 0.3 is 5.76 Å². The molecule has 7 heteroatoms. The van der Waals surface area contributed by atoms with E-state index in [9.17, 15) is 4.79 Å². The Morgan fingerprint density at radius 2 is 1.75 bits per heavy atom. The molecule has 1 saturated heterocycles. The van der Waals surface area contributed by atoms with E-state index >= 15 is 0 Å². The molecule has 28 heavy (non-hydrogen) atoms. The summed E-state index contributed by atoms with van der Waals surface area (Å²) in [6.07, 6.45) is 2.08. The molecule has 4 aromatic rings. The first-order valence-electron chi connectivity index (χ1n) is 9.65. The first-order chi connectivity index (χ1) is 13.7. The second kappa shape index (κ2) is 6.92. The van der Waals surface area contributed by atoms with E-state index in [-0.39, 0.29) is 5.76 Å². The molecule has 0 radical (unpaired) electrons. The van der Waals surface area contributed by atoms with Crippen LogP contribution in [0.4, 0.5) is 0 Å². The molecule has 0 amide bonds. The van der Waals surface area contributed by atoms with Gasteiger partial charge in [-0.3, -0.25) is 14.4 Å². The van der Waals surface area contributed by atoms with Gasteiger partial charge in [0.1, 0.15) is 5.65 Å². The van der Waals surface area contributed by atoms with Crippen molar-refractivity contribution >= 4 is 16.7 Å². The molecule has 5 rings (SSSR count). The lowest BCUT2D eigenvalue weighted by Crippen LogP contribution is -2.47. The van der Waals surface area contributed by atoms with Gasteiger partial charge in [0.05, 0.1) is 23.6 Å². The van der Waals surface area contributed by atoms with Gasteiger partial charge in [-0.1, -0.05) is 18.2 Å². The van der Waals surface area contributed by atoms with Crippen molar-refractivity contribution in [2.75, 3.05) is 26.2 Å². The van der Waals surface area contributed by atoms with Crippen molar-refractivity contribution < 1.29 is 4.42 Å². The van der Waals surface area contributed by atoms with Crippen molar-refractivity contribution in [3.8, 4) is 0 Å². The third-order valence-electron chi connectivity index (χ3n) is 5.58. The Bertz CT molecular complexity index is 1180. The van der Waals surface area contributed by atoms with Crippen molar-refractivity contribution in [3.05, 3.63) is 70.6 Å². The number of aromatic nitrogens is 3. The van der Waals surface area contributed by atoms with Crippen molar-refractivity contribution in [3.63, 3.8) is 0 Å². The van der Waals surface area contributed by atoms with Crippen molar-refractivity contribution in [2.45, 2.75) is 20.1 Å². The average molecular weight is 377 g/mol. The number of aryl methyl sites for hydroxylation is 1. The lowest BCUT2D eigenvalue weighted by molar-refractivity contribution is 0.101. The molecule has 1 fully saturated rings. The number of hydrogen-bond acceptors (Lipinski definition) is 5. The first kappa shape index (κ1) is 17.2. The molecule has 4 heterocycles. The normalized spacial score (nSPS) is 16.3. The van der Waals surface area contributed by atoms with E-state index in [0.29, 0.717) is 12.3 Å². The molecular weight excluding hydrogens is 354 g/mol. The molecule has 144 valence electrons. The van der Waals surface area contributed by atoms with Crippen LogP contribution in [0.25, 0.3) is 16.7 Å². The van der Waals surface area contributed by atoms with Gasteiger partial charge in [0.25, 0.3) is 0 Å². The number of fused-ring (bicyclic) bond motifs is 2. The molecule has 0 N–H and O–H groups in total. The van der Waals surface area contributed by atoms with Crippen molar-refractivity contribution in [2.24, 2.45) is 0 Å². The Kier molecular flexibility index (Phi) is 4.26. The van der Waals surface area contributed by atoms with Crippen LogP contribution in [0, 0.1) is 6.92 Å². The number of imidazole rings is 1. The van der Waals surface area contributed by atoms with Gasteiger partial charge < -0.3 is 8.82 Å². The number of piperazine rings is 1. The molecule has 7 nitrogen and oxygen atoms in total. The molecule has 0 aliphatic carbocycles. The molecule has 1 aromatic carbocycles. The van der Waals surface area contributed by atoms with Gasteiger partial charge in [0.15, 0.2) is 5.58 Å². The van der Waals surface area contributed by atoms with E-state index in [1.807, 2.05) is 42.5 Å². The minimum absolute atomic E-state index is 0.287. The summed E-state index contributed by atoms with van der Waals surface area (Å²) in [5.74, 6) is -0.287. The summed E-state index contributed by atoms with van der Waals surface area (Å²) in [5, 5.41) is 0. The maximum Gasteiger partial charge on any atom is 0.421 e. The standard InChI is InChI=1S/C21H23N5O2/c1-16-18(25-9-5-4-8-20(25)22-16)14-23-10-12-24(13-11-23)15-26-17-6-2-3-7-19(17)28-21(26)27/h2-9H,10-15H2,1H3. The van der Waals surface area contributed by atoms with E-state index in [0.717, 1.165) is 49.6 Å². The fraction of sp³-hybridized carbons (Fsp3) is 0.333. The highest BCUT2D eigenvalue weighted by atomic mass is 16.4. The summed E-state index contributed by atoms with van der Waals surface area (Å²) in [4.78, 5) is 21.6. The van der Waals surface area contributed by atoms with Crippen LogP contribution in [0.5, 0.6) is 0 Å². The highest BCUT2D eigenvalue weighted by Gasteiger charge is 2.21. The van der Waals surface area contributed by atoms with Gasteiger partial charge in [-0.25, -0.2) is 9.78 Å². The lowest BCUT2D eigenvalue weighted by atomic mass is 10.2. The highest BCUT2D eigenvalue weighted by Crippen LogP contribution is 2.17. The second-order valence-electron chi connectivity index (χ2n) is 7.37. The summed E-state index contributed by atoms with van der Waals surface area (Å²) in [7, 11) is 0. The number of para-hydroxylation sites is 2. The second-order valence-corrected chi connectivity index (χ2v) is 7.37. The third-order valence-corrected chi connectivity index (χ3v) is 5.58. The molecular formula is C21H23N5O2. The Balaban J connectivity index is 1.27. The fourth-order valence-electron chi connectivity index (χ4n) is 4.00. The Hall–Kier alpha value is -2.90. The molecule has 1 aliphatic rings. The number of rotatable bonds is 4. The summed E-state index contributed by atoms with van der Waals surface area (Å²) >= 11 is 0. The minimum Gasteiger partial charge on any atom is -0.408 e. The first-order valence-corrected chi connectivity index (χ1v) is 9.65. The Labute approximate surface area is 162 Å². The zero-order chi connectivity index (χ0) is 19.1. The largest absolute Gasteiger partial charge is 0.421 e. The van der Waals surface area contributed by atoms with Crippen molar-refractivity contribution in [1.29, 1.82) is 0 Å². The average Bonchev–Trinajstić information content (AvgIpc) is 3.20. The number of pyridine rings is 1. The molecule has 0 spiro atoms. The molecule has 0 atom stereocenters. The smallest absolute Gasteiger partial charge is 0.408 e. The van der Waals surface area contributed by atoms with Crippen LogP contribution in [-0.4, -0.2) is 49.9 Å². The topological polar surface area (TPSA) is 58.9 Å². The molecule has 0 unspecified atom stereocenters. The highest BCUT2D eigenvalue weighted by molar-refractivity contribution is 5.72.